The lowest BCUT2D eigenvalue weighted by Crippen LogP contribution is -2.35. The molecule has 1 atom stereocenters. The van der Waals surface area contributed by atoms with Crippen molar-refractivity contribution in [3.8, 4) is 0 Å². The lowest BCUT2D eigenvalue weighted by molar-refractivity contribution is 0.0985. The minimum absolute atomic E-state index is 0.171. The van der Waals surface area contributed by atoms with Crippen LogP contribution in [0.3, 0.4) is 0 Å². The van der Waals surface area contributed by atoms with Crippen LogP contribution >= 0.6 is 0 Å². The summed E-state index contributed by atoms with van der Waals surface area (Å²) in [5.74, 6) is -0.630. The van der Waals surface area contributed by atoms with Gasteiger partial charge in [-0.25, -0.2) is 17.5 Å². The first kappa shape index (κ1) is 21.2. The SMILES string of the molecule is C[C@H](NS(=O)(=O)c1ccc2c(c1)CCCN2C(=O)c1ccc(F)cc1)c1ccccc1. The van der Waals surface area contributed by atoms with E-state index in [9.17, 15) is 17.6 Å². The summed E-state index contributed by atoms with van der Waals surface area (Å²) >= 11 is 0. The van der Waals surface area contributed by atoms with E-state index in [1.807, 2.05) is 30.3 Å². The highest BCUT2D eigenvalue weighted by atomic mass is 32.2. The average Bonchev–Trinajstić information content (AvgIpc) is 2.78. The summed E-state index contributed by atoms with van der Waals surface area (Å²) in [7, 11) is -3.73. The summed E-state index contributed by atoms with van der Waals surface area (Å²) in [6.45, 7) is 2.33. The predicted octanol–water partition coefficient (Wildman–Crippen LogP) is 4.46. The lowest BCUT2D eigenvalue weighted by atomic mass is 10.0. The van der Waals surface area contributed by atoms with Crippen molar-refractivity contribution in [1.82, 2.24) is 4.72 Å². The summed E-state index contributed by atoms with van der Waals surface area (Å²) in [5, 5.41) is 0. The molecule has 0 aliphatic carbocycles. The van der Waals surface area contributed by atoms with Crippen molar-refractivity contribution in [2.75, 3.05) is 11.4 Å². The molecule has 7 heteroatoms. The minimum atomic E-state index is -3.73. The largest absolute Gasteiger partial charge is 0.308 e. The van der Waals surface area contributed by atoms with Crippen molar-refractivity contribution in [3.63, 3.8) is 0 Å². The third-order valence-corrected chi connectivity index (χ3v) is 6.99. The molecule has 0 bridgehead atoms. The quantitative estimate of drug-likeness (QED) is 0.640. The molecule has 0 saturated carbocycles. The van der Waals surface area contributed by atoms with Crippen LogP contribution in [-0.2, 0) is 16.4 Å². The molecular formula is C24H23FN2O3S. The Kier molecular flexibility index (Phi) is 5.89. The molecule has 160 valence electrons. The van der Waals surface area contributed by atoms with Gasteiger partial charge in [0.15, 0.2) is 0 Å². The van der Waals surface area contributed by atoms with Gasteiger partial charge in [0.25, 0.3) is 5.91 Å². The first-order valence-electron chi connectivity index (χ1n) is 10.1. The van der Waals surface area contributed by atoms with Gasteiger partial charge in [0.1, 0.15) is 5.82 Å². The molecule has 3 aromatic carbocycles. The van der Waals surface area contributed by atoms with Crippen LogP contribution in [0.2, 0.25) is 0 Å². The Labute approximate surface area is 181 Å². The highest BCUT2D eigenvalue weighted by Gasteiger charge is 2.26. The molecule has 1 aliphatic rings. The lowest BCUT2D eigenvalue weighted by Gasteiger charge is -2.30. The second-order valence-electron chi connectivity index (χ2n) is 7.61. The van der Waals surface area contributed by atoms with E-state index in [2.05, 4.69) is 4.72 Å². The van der Waals surface area contributed by atoms with E-state index in [1.165, 1.54) is 30.3 Å². The molecule has 0 radical (unpaired) electrons. The molecule has 0 aromatic heterocycles. The number of anilines is 1. The molecule has 1 amide bonds. The second kappa shape index (κ2) is 8.61. The van der Waals surface area contributed by atoms with Crippen LogP contribution in [0.15, 0.2) is 77.7 Å². The zero-order valence-electron chi connectivity index (χ0n) is 17.1. The smallest absolute Gasteiger partial charge is 0.258 e. The molecule has 0 saturated heterocycles. The summed E-state index contributed by atoms with van der Waals surface area (Å²) in [5.41, 5.74) is 2.76. The van der Waals surface area contributed by atoms with Gasteiger partial charge in [-0.3, -0.25) is 4.79 Å². The zero-order valence-corrected chi connectivity index (χ0v) is 17.9. The molecule has 31 heavy (non-hydrogen) atoms. The molecule has 0 fully saturated rings. The fourth-order valence-corrected chi connectivity index (χ4v) is 5.09. The Balaban J connectivity index is 1.59. The van der Waals surface area contributed by atoms with Crippen LogP contribution in [0, 0.1) is 5.82 Å². The van der Waals surface area contributed by atoms with Gasteiger partial charge in [-0.15, -0.1) is 0 Å². The van der Waals surface area contributed by atoms with Gasteiger partial charge >= 0.3 is 0 Å². The number of hydrogen-bond acceptors (Lipinski definition) is 3. The van der Waals surface area contributed by atoms with E-state index in [4.69, 9.17) is 0 Å². The fraction of sp³-hybridized carbons (Fsp3) is 0.208. The molecule has 1 heterocycles. The zero-order chi connectivity index (χ0) is 22.0. The maximum Gasteiger partial charge on any atom is 0.258 e. The number of hydrogen-bond donors (Lipinski definition) is 1. The number of carbonyl (C=O) groups is 1. The normalized spacial score (nSPS) is 14.7. The van der Waals surface area contributed by atoms with E-state index in [0.717, 1.165) is 17.5 Å². The van der Waals surface area contributed by atoms with Crippen molar-refractivity contribution in [3.05, 3.63) is 95.3 Å². The van der Waals surface area contributed by atoms with Crippen LogP contribution in [0.5, 0.6) is 0 Å². The van der Waals surface area contributed by atoms with Crippen LogP contribution < -0.4 is 9.62 Å². The maximum absolute atomic E-state index is 13.2. The van der Waals surface area contributed by atoms with Gasteiger partial charge in [0, 0.05) is 23.8 Å². The Morgan fingerprint density at radius 1 is 1.03 bits per heavy atom. The van der Waals surface area contributed by atoms with Crippen molar-refractivity contribution in [2.24, 2.45) is 0 Å². The van der Waals surface area contributed by atoms with Gasteiger partial charge in [0.2, 0.25) is 10.0 Å². The van der Waals surface area contributed by atoms with Gasteiger partial charge < -0.3 is 4.90 Å². The molecular weight excluding hydrogens is 415 g/mol. The van der Waals surface area contributed by atoms with E-state index in [-0.39, 0.29) is 16.8 Å². The van der Waals surface area contributed by atoms with Crippen molar-refractivity contribution >= 4 is 21.6 Å². The molecule has 0 spiro atoms. The van der Waals surface area contributed by atoms with Gasteiger partial charge in [-0.1, -0.05) is 30.3 Å². The summed E-state index contributed by atoms with van der Waals surface area (Å²) in [6, 6.07) is 19.3. The first-order chi connectivity index (χ1) is 14.8. The number of benzene rings is 3. The second-order valence-corrected chi connectivity index (χ2v) is 9.33. The average molecular weight is 439 g/mol. The Hall–Kier alpha value is -3.03. The number of fused-ring (bicyclic) bond motifs is 1. The third-order valence-electron chi connectivity index (χ3n) is 5.45. The highest BCUT2D eigenvalue weighted by molar-refractivity contribution is 7.89. The Bertz CT molecular complexity index is 1200. The maximum atomic E-state index is 13.2. The number of carbonyl (C=O) groups excluding carboxylic acids is 1. The number of aryl methyl sites for hydroxylation is 1. The fourth-order valence-electron chi connectivity index (χ4n) is 3.81. The molecule has 0 unspecified atom stereocenters. The third kappa shape index (κ3) is 4.52. The standard InChI is InChI=1S/C24H23FN2O3S/c1-17(18-6-3-2-4-7-18)26-31(29,30)22-13-14-23-20(16-22)8-5-15-27(23)24(28)19-9-11-21(25)12-10-19/h2-4,6-7,9-14,16-17,26H,5,8,15H2,1H3/t17-/m0/s1. The van der Waals surface area contributed by atoms with Crippen molar-refractivity contribution < 1.29 is 17.6 Å². The van der Waals surface area contributed by atoms with Crippen molar-refractivity contribution in [2.45, 2.75) is 30.7 Å². The van der Waals surface area contributed by atoms with Gasteiger partial charge in [0.05, 0.1) is 4.90 Å². The number of rotatable bonds is 5. The Morgan fingerprint density at radius 2 is 1.74 bits per heavy atom. The summed E-state index contributed by atoms with van der Waals surface area (Å²) in [4.78, 5) is 14.7. The first-order valence-corrected chi connectivity index (χ1v) is 11.6. The molecule has 1 N–H and O–H groups in total. The van der Waals surface area contributed by atoms with Crippen LogP contribution in [0.25, 0.3) is 0 Å². The van der Waals surface area contributed by atoms with Crippen LogP contribution in [0.4, 0.5) is 10.1 Å². The summed E-state index contributed by atoms with van der Waals surface area (Å²) in [6.07, 6.45) is 1.40. The minimum Gasteiger partial charge on any atom is -0.308 e. The van der Waals surface area contributed by atoms with Crippen LogP contribution in [0.1, 0.15) is 40.9 Å². The van der Waals surface area contributed by atoms with E-state index >= 15 is 0 Å². The summed E-state index contributed by atoms with van der Waals surface area (Å²) < 4.78 is 41.8. The highest BCUT2D eigenvalue weighted by Crippen LogP contribution is 2.31. The molecule has 5 nitrogen and oxygen atoms in total. The number of nitrogens with one attached hydrogen (secondary N) is 1. The molecule has 1 aliphatic heterocycles. The van der Waals surface area contributed by atoms with Crippen LogP contribution in [-0.4, -0.2) is 20.9 Å². The van der Waals surface area contributed by atoms with Gasteiger partial charge in [-0.2, -0.15) is 0 Å². The molecule has 3 aromatic rings. The van der Waals surface area contributed by atoms with E-state index < -0.39 is 15.8 Å². The number of halogens is 1. The number of sulfonamides is 1. The monoisotopic (exact) mass is 438 g/mol. The topological polar surface area (TPSA) is 66.5 Å². The predicted molar refractivity (Wildman–Crippen MR) is 118 cm³/mol. The number of amides is 1. The van der Waals surface area contributed by atoms with Gasteiger partial charge in [-0.05, 0) is 73.4 Å². The Morgan fingerprint density at radius 3 is 2.45 bits per heavy atom. The van der Waals surface area contributed by atoms with Crippen molar-refractivity contribution in [1.29, 1.82) is 0 Å². The number of nitrogens with zero attached hydrogens (tertiary/aromatic N) is 1. The van der Waals surface area contributed by atoms with E-state index in [1.54, 1.807) is 24.0 Å². The van der Waals surface area contributed by atoms with E-state index in [0.29, 0.717) is 24.2 Å². The molecule has 4 rings (SSSR count).